The monoisotopic (exact) mass is 233 g/mol. The Morgan fingerprint density at radius 2 is 2.18 bits per heavy atom. The number of carbonyl (C=O) groups is 1. The highest BCUT2D eigenvalue weighted by atomic mass is 16.1. The highest BCUT2D eigenvalue weighted by Gasteiger charge is 2.14. The molecule has 0 saturated carbocycles. The minimum absolute atomic E-state index is 0.114. The Hall–Kier alpha value is -1.42. The van der Waals surface area contributed by atoms with Crippen molar-refractivity contribution in [3.8, 4) is 0 Å². The first kappa shape index (κ1) is 12.0. The summed E-state index contributed by atoms with van der Waals surface area (Å²) in [6.07, 6.45) is 7.14. The van der Waals surface area contributed by atoms with Gasteiger partial charge in [-0.25, -0.2) is 0 Å². The van der Waals surface area contributed by atoms with Crippen molar-refractivity contribution in [2.45, 2.75) is 31.7 Å². The van der Waals surface area contributed by atoms with Gasteiger partial charge in [0.1, 0.15) is 0 Å². The normalized spacial score (nSPS) is 20.6. The first-order valence-corrected chi connectivity index (χ1v) is 6.23. The molecule has 4 nitrogen and oxygen atoms in total. The lowest BCUT2D eigenvalue weighted by Crippen LogP contribution is -2.36. The Balaban J connectivity index is 1.80. The van der Waals surface area contributed by atoms with Crippen molar-refractivity contribution in [3.05, 3.63) is 30.1 Å². The number of nitrogens with zero attached hydrogens (tertiary/aromatic N) is 1. The van der Waals surface area contributed by atoms with Crippen LogP contribution in [0.2, 0.25) is 0 Å². The smallest absolute Gasteiger partial charge is 0.224 e. The molecule has 0 aromatic carbocycles. The molecule has 0 aliphatic carbocycles. The predicted molar refractivity (Wildman–Crippen MR) is 66.6 cm³/mol. The van der Waals surface area contributed by atoms with E-state index in [1.54, 1.807) is 12.4 Å². The first-order chi connectivity index (χ1) is 8.34. The van der Waals surface area contributed by atoms with Crippen LogP contribution in [0.3, 0.4) is 0 Å². The Bertz CT molecular complexity index is 345. The topological polar surface area (TPSA) is 54.0 Å². The lowest BCUT2D eigenvalue weighted by atomic mass is 10.1. The minimum Gasteiger partial charge on any atom is -0.353 e. The molecule has 1 amide bonds. The van der Waals surface area contributed by atoms with E-state index in [2.05, 4.69) is 15.6 Å². The molecule has 1 fully saturated rings. The van der Waals surface area contributed by atoms with E-state index >= 15 is 0 Å². The standard InChI is InChI=1S/C13H19N3O/c17-13(10-11-3-7-15-8-4-11)16-12-2-1-6-14-9-5-12/h3-4,7-8,12,14H,1-2,5-6,9-10H2,(H,16,17). The molecule has 1 unspecified atom stereocenters. The third-order valence-electron chi connectivity index (χ3n) is 3.05. The van der Waals surface area contributed by atoms with Crippen LogP contribution < -0.4 is 10.6 Å². The van der Waals surface area contributed by atoms with Gasteiger partial charge in [0.05, 0.1) is 6.42 Å². The summed E-state index contributed by atoms with van der Waals surface area (Å²) in [6, 6.07) is 4.10. The fourth-order valence-electron chi connectivity index (χ4n) is 2.13. The molecule has 1 aliphatic rings. The molecule has 1 aliphatic heterocycles. The van der Waals surface area contributed by atoms with Crippen molar-refractivity contribution in [1.29, 1.82) is 0 Å². The summed E-state index contributed by atoms with van der Waals surface area (Å²) in [7, 11) is 0. The second-order valence-corrected chi connectivity index (χ2v) is 4.48. The highest BCUT2D eigenvalue weighted by molar-refractivity contribution is 5.78. The van der Waals surface area contributed by atoms with Crippen LogP contribution in [0, 0.1) is 0 Å². The Kier molecular flexibility index (Phi) is 4.50. The van der Waals surface area contributed by atoms with E-state index in [-0.39, 0.29) is 5.91 Å². The minimum atomic E-state index is 0.114. The van der Waals surface area contributed by atoms with Crippen LogP contribution in [0.15, 0.2) is 24.5 Å². The fraction of sp³-hybridized carbons (Fsp3) is 0.538. The summed E-state index contributed by atoms with van der Waals surface area (Å²) in [5, 5.41) is 6.45. The van der Waals surface area contributed by atoms with Crippen LogP contribution in [0.1, 0.15) is 24.8 Å². The Morgan fingerprint density at radius 3 is 3.00 bits per heavy atom. The zero-order valence-electron chi connectivity index (χ0n) is 9.98. The van der Waals surface area contributed by atoms with Crippen molar-refractivity contribution in [1.82, 2.24) is 15.6 Å². The third kappa shape index (κ3) is 4.15. The maximum atomic E-state index is 11.8. The number of nitrogens with one attached hydrogen (secondary N) is 2. The molecule has 0 spiro atoms. The van der Waals surface area contributed by atoms with Crippen LogP contribution in [-0.2, 0) is 11.2 Å². The molecule has 2 N–H and O–H groups in total. The molecule has 1 atom stereocenters. The van der Waals surface area contributed by atoms with Gasteiger partial charge >= 0.3 is 0 Å². The summed E-state index contributed by atoms with van der Waals surface area (Å²) in [5.74, 6) is 0.114. The van der Waals surface area contributed by atoms with Gasteiger partial charge in [0, 0.05) is 18.4 Å². The van der Waals surface area contributed by atoms with Crippen LogP contribution >= 0.6 is 0 Å². The Morgan fingerprint density at radius 1 is 1.35 bits per heavy atom. The van der Waals surface area contributed by atoms with Gasteiger partial charge in [-0.05, 0) is 50.0 Å². The van der Waals surface area contributed by atoms with E-state index in [1.807, 2.05) is 12.1 Å². The quantitative estimate of drug-likeness (QED) is 0.815. The number of amides is 1. The largest absolute Gasteiger partial charge is 0.353 e. The number of carbonyl (C=O) groups excluding carboxylic acids is 1. The average molecular weight is 233 g/mol. The van der Waals surface area contributed by atoms with Crippen molar-refractivity contribution >= 4 is 5.91 Å². The molecular formula is C13H19N3O. The highest BCUT2D eigenvalue weighted by Crippen LogP contribution is 2.05. The zero-order valence-corrected chi connectivity index (χ0v) is 9.98. The van der Waals surface area contributed by atoms with Gasteiger partial charge in [-0.3, -0.25) is 9.78 Å². The molecule has 1 aromatic heterocycles. The zero-order chi connectivity index (χ0) is 11.9. The van der Waals surface area contributed by atoms with Crippen LogP contribution in [-0.4, -0.2) is 30.0 Å². The molecule has 17 heavy (non-hydrogen) atoms. The molecule has 0 bridgehead atoms. The fourth-order valence-corrected chi connectivity index (χ4v) is 2.13. The van der Waals surface area contributed by atoms with Crippen LogP contribution in [0.25, 0.3) is 0 Å². The van der Waals surface area contributed by atoms with E-state index in [9.17, 15) is 4.79 Å². The van der Waals surface area contributed by atoms with Gasteiger partial charge in [0.2, 0.25) is 5.91 Å². The first-order valence-electron chi connectivity index (χ1n) is 6.23. The van der Waals surface area contributed by atoms with Gasteiger partial charge in [0.25, 0.3) is 0 Å². The van der Waals surface area contributed by atoms with Gasteiger partial charge in [0.15, 0.2) is 0 Å². The SMILES string of the molecule is O=C(Cc1ccncc1)NC1CCCNCC1. The Labute approximate surface area is 102 Å². The van der Waals surface area contributed by atoms with Gasteiger partial charge in [-0.15, -0.1) is 0 Å². The number of rotatable bonds is 3. The molecule has 4 heteroatoms. The number of pyridine rings is 1. The lowest BCUT2D eigenvalue weighted by Gasteiger charge is -2.15. The summed E-state index contributed by atoms with van der Waals surface area (Å²) in [5.41, 5.74) is 1.02. The number of hydrogen-bond donors (Lipinski definition) is 2. The van der Waals surface area contributed by atoms with E-state index in [4.69, 9.17) is 0 Å². The molecule has 1 saturated heterocycles. The van der Waals surface area contributed by atoms with E-state index in [0.717, 1.165) is 37.9 Å². The molecule has 2 rings (SSSR count). The number of hydrogen-bond acceptors (Lipinski definition) is 3. The second-order valence-electron chi connectivity index (χ2n) is 4.48. The summed E-state index contributed by atoms with van der Waals surface area (Å²) in [6.45, 7) is 2.07. The molecule has 92 valence electrons. The van der Waals surface area contributed by atoms with E-state index in [1.165, 1.54) is 0 Å². The maximum Gasteiger partial charge on any atom is 0.224 e. The summed E-state index contributed by atoms with van der Waals surface area (Å²) >= 11 is 0. The van der Waals surface area contributed by atoms with Gasteiger partial charge in [-0.1, -0.05) is 0 Å². The third-order valence-corrected chi connectivity index (χ3v) is 3.05. The summed E-state index contributed by atoms with van der Waals surface area (Å²) in [4.78, 5) is 15.8. The van der Waals surface area contributed by atoms with Crippen LogP contribution in [0.5, 0.6) is 0 Å². The molecule has 1 aromatic rings. The van der Waals surface area contributed by atoms with Gasteiger partial charge in [-0.2, -0.15) is 0 Å². The van der Waals surface area contributed by atoms with Gasteiger partial charge < -0.3 is 10.6 Å². The molecule has 0 radical (unpaired) electrons. The molecular weight excluding hydrogens is 214 g/mol. The van der Waals surface area contributed by atoms with Crippen molar-refractivity contribution in [2.24, 2.45) is 0 Å². The van der Waals surface area contributed by atoms with E-state index < -0.39 is 0 Å². The predicted octanol–water partition coefficient (Wildman–Crippen LogP) is 0.882. The van der Waals surface area contributed by atoms with Crippen molar-refractivity contribution in [3.63, 3.8) is 0 Å². The molecule has 2 heterocycles. The lowest BCUT2D eigenvalue weighted by molar-refractivity contribution is -0.121. The van der Waals surface area contributed by atoms with Crippen molar-refractivity contribution in [2.75, 3.05) is 13.1 Å². The maximum absolute atomic E-state index is 11.8. The number of aromatic nitrogens is 1. The second kappa shape index (κ2) is 6.35. The average Bonchev–Trinajstić information content (AvgIpc) is 2.59. The van der Waals surface area contributed by atoms with Crippen molar-refractivity contribution < 1.29 is 4.79 Å². The summed E-state index contributed by atoms with van der Waals surface area (Å²) < 4.78 is 0. The van der Waals surface area contributed by atoms with E-state index in [0.29, 0.717) is 12.5 Å². The van der Waals surface area contributed by atoms with Crippen LogP contribution in [0.4, 0.5) is 0 Å².